The van der Waals surface area contributed by atoms with Gasteiger partial charge in [-0.2, -0.15) is 0 Å². The minimum atomic E-state index is -0.673. The molecule has 0 radical (unpaired) electrons. The molecule has 1 unspecified atom stereocenters. The summed E-state index contributed by atoms with van der Waals surface area (Å²) in [6.45, 7) is 1.98. The highest BCUT2D eigenvalue weighted by Crippen LogP contribution is 2.34. The van der Waals surface area contributed by atoms with Crippen LogP contribution in [0.2, 0.25) is 5.02 Å². The summed E-state index contributed by atoms with van der Waals surface area (Å²) in [5.41, 5.74) is 1.78. The lowest BCUT2D eigenvalue weighted by Gasteiger charge is -2.13. The van der Waals surface area contributed by atoms with Gasteiger partial charge >= 0.3 is 0 Å². The lowest BCUT2D eigenvalue weighted by Crippen LogP contribution is -2.00. The van der Waals surface area contributed by atoms with Gasteiger partial charge in [0.25, 0.3) is 0 Å². The molecule has 2 nitrogen and oxygen atoms in total. The first-order valence-electron chi connectivity index (χ1n) is 5.19. The second-order valence-corrected chi connectivity index (χ2v) is 5.11. The fourth-order valence-electron chi connectivity index (χ4n) is 1.66. The fourth-order valence-corrected chi connectivity index (χ4v) is 2.86. The fraction of sp³-hybridized carbons (Fsp3) is 0.231. The van der Waals surface area contributed by atoms with Gasteiger partial charge in [0.15, 0.2) is 0 Å². The maximum absolute atomic E-state index is 10.3. The number of aliphatic hydroxyl groups is 1. The van der Waals surface area contributed by atoms with Crippen molar-refractivity contribution in [1.29, 1.82) is 0 Å². The van der Waals surface area contributed by atoms with E-state index < -0.39 is 6.10 Å². The van der Waals surface area contributed by atoms with Crippen molar-refractivity contribution < 1.29 is 9.84 Å². The zero-order valence-corrected chi connectivity index (χ0v) is 11.2. The van der Waals surface area contributed by atoms with Gasteiger partial charge in [-0.3, -0.25) is 0 Å². The largest absolute Gasteiger partial charge is 0.497 e. The lowest BCUT2D eigenvalue weighted by molar-refractivity contribution is 0.223. The van der Waals surface area contributed by atoms with Gasteiger partial charge in [-0.1, -0.05) is 17.7 Å². The van der Waals surface area contributed by atoms with Gasteiger partial charge in [0.2, 0.25) is 0 Å². The molecule has 0 fully saturated rings. The number of aryl methyl sites for hydroxylation is 1. The Labute approximate surface area is 109 Å². The summed E-state index contributed by atoms with van der Waals surface area (Å²) in [4.78, 5) is 0.928. The number of benzene rings is 1. The molecule has 0 bridgehead atoms. The summed E-state index contributed by atoms with van der Waals surface area (Å²) in [5.74, 6) is 0.689. The monoisotopic (exact) mass is 268 g/mol. The Morgan fingerprint density at radius 3 is 2.65 bits per heavy atom. The maximum Gasteiger partial charge on any atom is 0.120 e. The number of ether oxygens (including phenoxy) is 1. The molecule has 4 heteroatoms. The van der Waals surface area contributed by atoms with Crippen LogP contribution in [0, 0.1) is 6.92 Å². The second-order valence-electron chi connectivity index (χ2n) is 3.76. The van der Waals surface area contributed by atoms with Crippen LogP contribution in [0.1, 0.15) is 22.1 Å². The summed E-state index contributed by atoms with van der Waals surface area (Å²) in [6, 6.07) is 7.29. The van der Waals surface area contributed by atoms with Crippen molar-refractivity contribution in [1.82, 2.24) is 0 Å². The molecule has 0 saturated carbocycles. The van der Waals surface area contributed by atoms with Gasteiger partial charge in [-0.15, -0.1) is 11.3 Å². The number of rotatable bonds is 3. The molecule has 2 rings (SSSR count). The molecule has 0 aliphatic carbocycles. The normalized spacial score (nSPS) is 12.5. The van der Waals surface area contributed by atoms with Crippen LogP contribution < -0.4 is 4.74 Å². The molecule has 2 aromatic rings. The number of hydrogen-bond acceptors (Lipinski definition) is 3. The first kappa shape index (κ1) is 12.4. The molecule has 0 saturated heterocycles. The summed E-state index contributed by atoms with van der Waals surface area (Å²) in [7, 11) is 1.59. The molecule has 1 N–H and O–H groups in total. The lowest BCUT2D eigenvalue weighted by atomic mass is 10.1. The van der Waals surface area contributed by atoms with Crippen molar-refractivity contribution in [3.63, 3.8) is 0 Å². The Morgan fingerprint density at radius 2 is 2.12 bits per heavy atom. The summed E-state index contributed by atoms with van der Waals surface area (Å²) >= 11 is 7.67. The molecular formula is C13H13ClO2S. The molecule has 90 valence electrons. The zero-order chi connectivity index (χ0) is 12.4. The average molecular weight is 269 g/mol. The molecule has 1 atom stereocenters. The molecule has 0 aliphatic rings. The van der Waals surface area contributed by atoms with Crippen LogP contribution in [-0.2, 0) is 0 Å². The second kappa shape index (κ2) is 5.08. The van der Waals surface area contributed by atoms with Gasteiger partial charge in [0.1, 0.15) is 11.9 Å². The predicted molar refractivity (Wildman–Crippen MR) is 71.1 cm³/mol. The van der Waals surface area contributed by atoms with Crippen LogP contribution in [0.15, 0.2) is 29.6 Å². The highest BCUT2D eigenvalue weighted by Gasteiger charge is 2.17. The van der Waals surface area contributed by atoms with Crippen LogP contribution >= 0.6 is 22.9 Å². The third-order valence-electron chi connectivity index (χ3n) is 2.65. The predicted octanol–water partition coefficient (Wildman–Crippen LogP) is 3.80. The van der Waals surface area contributed by atoms with E-state index in [9.17, 15) is 5.11 Å². The van der Waals surface area contributed by atoms with Crippen molar-refractivity contribution in [3.05, 3.63) is 50.7 Å². The molecule has 0 amide bonds. The van der Waals surface area contributed by atoms with Gasteiger partial charge in [-0.05, 0) is 36.1 Å². The Hall–Kier alpha value is -1.03. The quantitative estimate of drug-likeness (QED) is 0.917. The van der Waals surface area contributed by atoms with Crippen molar-refractivity contribution in [2.45, 2.75) is 13.0 Å². The van der Waals surface area contributed by atoms with E-state index in [0.717, 1.165) is 10.4 Å². The van der Waals surface area contributed by atoms with E-state index in [2.05, 4.69) is 0 Å². The van der Waals surface area contributed by atoms with E-state index in [0.29, 0.717) is 16.3 Å². The Bertz CT molecular complexity index is 522. The minimum absolute atomic E-state index is 0.518. The number of hydrogen-bond donors (Lipinski definition) is 1. The van der Waals surface area contributed by atoms with Crippen LogP contribution in [0.25, 0.3) is 0 Å². The summed E-state index contributed by atoms with van der Waals surface area (Å²) in [5, 5.41) is 12.8. The zero-order valence-electron chi connectivity index (χ0n) is 9.61. The third kappa shape index (κ3) is 2.46. The molecule has 1 aromatic heterocycles. The summed E-state index contributed by atoms with van der Waals surface area (Å²) in [6.07, 6.45) is -0.673. The molecule has 1 heterocycles. The SMILES string of the molecule is COc1ccc(C(O)c2sccc2C)c(Cl)c1. The molecule has 1 aromatic carbocycles. The van der Waals surface area contributed by atoms with E-state index in [1.165, 1.54) is 11.3 Å². The molecule has 0 spiro atoms. The van der Waals surface area contributed by atoms with Crippen LogP contribution in [0.4, 0.5) is 0 Å². The van der Waals surface area contributed by atoms with Crippen molar-refractivity contribution >= 4 is 22.9 Å². The van der Waals surface area contributed by atoms with Gasteiger partial charge in [-0.25, -0.2) is 0 Å². The maximum atomic E-state index is 10.3. The first-order chi connectivity index (χ1) is 8.13. The number of thiophene rings is 1. The van der Waals surface area contributed by atoms with E-state index >= 15 is 0 Å². The van der Waals surface area contributed by atoms with Crippen LogP contribution in [0.5, 0.6) is 5.75 Å². The Balaban J connectivity index is 2.38. The van der Waals surface area contributed by atoms with Crippen LogP contribution in [0.3, 0.4) is 0 Å². The summed E-state index contributed by atoms with van der Waals surface area (Å²) < 4.78 is 5.08. The van der Waals surface area contributed by atoms with E-state index in [-0.39, 0.29) is 0 Å². The number of methoxy groups -OCH3 is 1. The minimum Gasteiger partial charge on any atom is -0.497 e. The smallest absolute Gasteiger partial charge is 0.120 e. The molecule has 0 aliphatic heterocycles. The van der Waals surface area contributed by atoms with Crippen LogP contribution in [-0.4, -0.2) is 12.2 Å². The van der Waals surface area contributed by atoms with Gasteiger partial charge in [0.05, 0.1) is 12.1 Å². The Kier molecular flexibility index (Phi) is 3.72. The molecular weight excluding hydrogens is 256 g/mol. The highest BCUT2D eigenvalue weighted by atomic mass is 35.5. The number of halogens is 1. The standard InChI is InChI=1S/C13H13ClO2S/c1-8-5-6-17-13(8)12(15)10-4-3-9(16-2)7-11(10)14/h3-7,12,15H,1-2H3. The van der Waals surface area contributed by atoms with E-state index in [1.807, 2.05) is 18.4 Å². The van der Waals surface area contributed by atoms with Gasteiger partial charge < -0.3 is 9.84 Å². The topological polar surface area (TPSA) is 29.5 Å². The molecule has 17 heavy (non-hydrogen) atoms. The van der Waals surface area contributed by atoms with E-state index in [4.69, 9.17) is 16.3 Å². The van der Waals surface area contributed by atoms with Crippen molar-refractivity contribution in [2.75, 3.05) is 7.11 Å². The van der Waals surface area contributed by atoms with Crippen molar-refractivity contribution in [2.24, 2.45) is 0 Å². The first-order valence-corrected chi connectivity index (χ1v) is 6.44. The number of aliphatic hydroxyl groups excluding tert-OH is 1. The average Bonchev–Trinajstić information content (AvgIpc) is 2.74. The Morgan fingerprint density at radius 1 is 1.35 bits per heavy atom. The van der Waals surface area contributed by atoms with Gasteiger partial charge in [0, 0.05) is 10.4 Å². The highest BCUT2D eigenvalue weighted by molar-refractivity contribution is 7.10. The third-order valence-corrected chi connectivity index (χ3v) is 4.05. The van der Waals surface area contributed by atoms with E-state index in [1.54, 1.807) is 25.3 Å². The van der Waals surface area contributed by atoms with Crippen molar-refractivity contribution in [3.8, 4) is 5.75 Å².